The number of carbonyl (C=O) groups is 1. The standard InChI is InChI=1S/C11H12N3O2/c1-6(2)16-8-5-3-4-7-9(8)14-11(13-7)10(12)15/h3-6,12H,1-2H3,(H,13,14). The van der Waals surface area contributed by atoms with Crippen molar-refractivity contribution in [1.29, 1.82) is 0 Å². The van der Waals surface area contributed by atoms with E-state index in [0.717, 1.165) is 0 Å². The Balaban J connectivity index is 2.54. The molecule has 5 heteroatoms. The molecule has 2 N–H and O–H groups in total. The fourth-order valence-electron chi connectivity index (χ4n) is 1.46. The van der Waals surface area contributed by atoms with Crippen LogP contribution in [0.3, 0.4) is 0 Å². The first-order chi connectivity index (χ1) is 7.58. The highest BCUT2D eigenvalue weighted by Gasteiger charge is 2.12. The number of aromatic nitrogens is 2. The molecule has 0 bridgehead atoms. The van der Waals surface area contributed by atoms with Crippen molar-refractivity contribution in [3.05, 3.63) is 24.0 Å². The average Bonchev–Trinajstić information content (AvgIpc) is 2.61. The molecule has 16 heavy (non-hydrogen) atoms. The molecule has 0 unspecified atom stereocenters. The molecule has 0 saturated carbocycles. The van der Waals surface area contributed by atoms with Gasteiger partial charge >= 0.3 is 5.91 Å². The van der Waals surface area contributed by atoms with E-state index in [-0.39, 0.29) is 11.9 Å². The zero-order valence-electron chi connectivity index (χ0n) is 9.07. The highest BCUT2D eigenvalue weighted by atomic mass is 16.5. The van der Waals surface area contributed by atoms with Crippen LogP contribution >= 0.6 is 0 Å². The second-order valence-electron chi connectivity index (χ2n) is 3.73. The van der Waals surface area contributed by atoms with E-state index in [2.05, 4.69) is 9.97 Å². The van der Waals surface area contributed by atoms with Crippen molar-refractivity contribution in [3.8, 4) is 5.75 Å². The lowest BCUT2D eigenvalue weighted by Crippen LogP contribution is -2.05. The number of rotatable bonds is 3. The molecule has 0 fully saturated rings. The zero-order valence-corrected chi connectivity index (χ0v) is 9.07. The number of H-pyrrole nitrogens is 1. The summed E-state index contributed by atoms with van der Waals surface area (Å²) >= 11 is 0. The summed E-state index contributed by atoms with van der Waals surface area (Å²) in [4.78, 5) is 17.7. The number of hydrogen-bond acceptors (Lipinski definition) is 3. The second kappa shape index (κ2) is 3.84. The Labute approximate surface area is 92.6 Å². The van der Waals surface area contributed by atoms with Gasteiger partial charge < -0.3 is 9.72 Å². The van der Waals surface area contributed by atoms with Gasteiger partial charge in [0, 0.05) is 0 Å². The molecule has 0 saturated heterocycles. The van der Waals surface area contributed by atoms with Gasteiger partial charge in [0.25, 0.3) is 0 Å². The average molecular weight is 218 g/mol. The van der Waals surface area contributed by atoms with Crippen LogP contribution in [0, 0.1) is 0 Å². The SMILES string of the molecule is CC(C)Oc1cccc2[nH]c(C([NH])=O)nc12. The first-order valence-corrected chi connectivity index (χ1v) is 4.99. The lowest BCUT2D eigenvalue weighted by atomic mass is 10.3. The van der Waals surface area contributed by atoms with Crippen molar-refractivity contribution in [2.24, 2.45) is 0 Å². The molecule has 0 aliphatic heterocycles. The van der Waals surface area contributed by atoms with Crippen LogP contribution in [0.25, 0.3) is 11.0 Å². The summed E-state index contributed by atoms with van der Waals surface area (Å²) in [6.07, 6.45) is 0.0393. The number of nitrogens with one attached hydrogen (secondary N) is 2. The van der Waals surface area contributed by atoms with E-state index < -0.39 is 5.91 Å². The maximum absolute atomic E-state index is 10.9. The molecule has 0 spiro atoms. The molecular formula is C11H12N3O2. The molecular weight excluding hydrogens is 206 g/mol. The Morgan fingerprint density at radius 1 is 1.50 bits per heavy atom. The van der Waals surface area contributed by atoms with Crippen molar-refractivity contribution in [1.82, 2.24) is 15.7 Å². The number of para-hydroxylation sites is 1. The third-order valence-electron chi connectivity index (χ3n) is 2.05. The van der Waals surface area contributed by atoms with Crippen LogP contribution in [0.15, 0.2) is 18.2 Å². The van der Waals surface area contributed by atoms with Gasteiger partial charge in [-0.3, -0.25) is 10.5 Å². The Kier molecular flexibility index (Phi) is 2.52. The third-order valence-corrected chi connectivity index (χ3v) is 2.05. The van der Waals surface area contributed by atoms with Gasteiger partial charge in [0.15, 0.2) is 5.82 Å². The molecule has 1 aromatic carbocycles. The number of fused-ring (bicyclic) bond motifs is 1. The fraction of sp³-hybridized carbons (Fsp3) is 0.273. The number of aromatic amines is 1. The summed E-state index contributed by atoms with van der Waals surface area (Å²) in [5.41, 5.74) is 8.28. The van der Waals surface area contributed by atoms with Crippen LogP contribution in [0.5, 0.6) is 5.75 Å². The van der Waals surface area contributed by atoms with Gasteiger partial charge in [0.2, 0.25) is 0 Å². The van der Waals surface area contributed by atoms with Crippen LogP contribution in [0.1, 0.15) is 24.5 Å². The number of carbonyl (C=O) groups excluding carboxylic acids is 1. The molecule has 0 aliphatic carbocycles. The maximum Gasteiger partial charge on any atom is 0.305 e. The first kappa shape index (κ1) is 10.5. The van der Waals surface area contributed by atoms with Crippen LogP contribution < -0.4 is 10.5 Å². The lowest BCUT2D eigenvalue weighted by molar-refractivity contribution is 0.0983. The minimum atomic E-state index is -0.827. The molecule has 1 heterocycles. The summed E-state index contributed by atoms with van der Waals surface area (Å²) in [6, 6.07) is 5.40. The van der Waals surface area contributed by atoms with Crippen molar-refractivity contribution in [2.75, 3.05) is 0 Å². The molecule has 1 radical (unpaired) electrons. The van der Waals surface area contributed by atoms with Crippen LogP contribution in [-0.2, 0) is 0 Å². The number of imidazole rings is 1. The van der Waals surface area contributed by atoms with E-state index >= 15 is 0 Å². The number of ether oxygens (including phenoxy) is 1. The maximum atomic E-state index is 10.9. The number of benzene rings is 1. The van der Waals surface area contributed by atoms with Gasteiger partial charge in [-0.2, -0.15) is 0 Å². The molecule has 1 aromatic heterocycles. The van der Waals surface area contributed by atoms with E-state index in [1.165, 1.54) is 0 Å². The molecule has 5 nitrogen and oxygen atoms in total. The highest BCUT2D eigenvalue weighted by molar-refractivity contribution is 5.93. The Hall–Kier alpha value is -2.04. The Bertz CT molecular complexity index is 531. The van der Waals surface area contributed by atoms with Crippen molar-refractivity contribution < 1.29 is 9.53 Å². The summed E-state index contributed by atoms with van der Waals surface area (Å²) in [6.45, 7) is 3.84. The van der Waals surface area contributed by atoms with Gasteiger partial charge in [0.05, 0.1) is 11.6 Å². The summed E-state index contributed by atoms with van der Waals surface area (Å²) < 4.78 is 5.57. The van der Waals surface area contributed by atoms with E-state index in [1.54, 1.807) is 12.1 Å². The van der Waals surface area contributed by atoms with Gasteiger partial charge in [-0.25, -0.2) is 4.98 Å². The van der Waals surface area contributed by atoms with Gasteiger partial charge in [-0.05, 0) is 26.0 Å². The largest absolute Gasteiger partial charge is 0.489 e. The fourth-order valence-corrected chi connectivity index (χ4v) is 1.46. The van der Waals surface area contributed by atoms with E-state index in [9.17, 15) is 4.79 Å². The molecule has 83 valence electrons. The normalized spacial score (nSPS) is 10.9. The van der Waals surface area contributed by atoms with E-state index in [0.29, 0.717) is 16.8 Å². The van der Waals surface area contributed by atoms with Gasteiger partial charge in [-0.1, -0.05) is 6.07 Å². The Morgan fingerprint density at radius 2 is 2.25 bits per heavy atom. The van der Waals surface area contributed by atoms with Crippen molar-refractivity contribution in [2.45, 2.75) is 20.0 Å². The predicted molar refractivity (Wildman–Crippen MR) is 59.3 cm³/mol. The molecule has 0 aliphatic rings. The minimum Gasteiger partial charge on any atom is -0.489 e. The minimum absolute atomic E-state index is 0.0369. The van der Waals surface area contributed by atoms with Crippen molar-refractivity contribution in [3.63, 3.8) is 0 Å². The van der Waals surface area contributed by atoms with Crippen LogP contribution in [0.4, 0.5) is 0 Å². The number of amides is 1. The Morgan fingerprint density at radius 3 is 2.88 bits per heavy atom. The second-order valence-corrected chi connectivity index (χ2v) is 3.73. The summed E-state index contributed by atoms with van der Waals surface area (Å²) in [5, 5.41) is 0. The van der Waals surface area contributed by atoms with Gasteiger partial charge in [-0.15, -0.1) is 0 Å². The monoisotopic (exact) mass is 218 g/mol. The smallest absolute Gasteiger partial charge is 0.305 e. The van der Waals surface area contributed by atoms with E-state index in [4.69, 9.17) is 10.5 Å². The first-order valence-electron chi connectivity index (χ1n) is 4.99. The number of nitrogens with zero attached hydrogens (tertiary/aromatic N) is 1. The third kappa shape index (κ3) is 1.84. The molecule has 1 amide bonds. The quantitative estimate of drug-likeness (QED) is 0.852. The highest BCUT2D eigenvalue weighted by Crippen LogP contribution is 2.24. The lowest BCUT2D eigenvalue weighted by Gasteiger charge is -2.09. The summed E-state index contributed by atoms with van der Waals surface area (Å²) in [7, 11) is 0. The van der Waals surface area contributed by atoms with Crippen LogP contribution in [-0.4, -0.2) is 22.0 Å². The topological polar surface area (TPSA) is 78.8 Å². The van der Waals surface area contributed by atoms with E-state index in [1.807, 2.05) is 19.9 Å². The number of hydrogen-bond donors (Lipinski definition) is 1. The van der Waals surface area contributed by atoms with Crippen molar-refractivity contribution >= 4 is 16.9 Å². The van der Waals surface area contributed by atoms with Crippen LogP contribution in [0.2, 0.25) is 0 Å². The zero-order chi connectivity index (χ0) is 11.7. The summed E-state index contributed by atoms with van der Waals surface area (Å²) in [5.74, 6) is -0.169. The molecule has 0 atom stereocenters. The molecule has 2 aromatic rings. The van der Waals surface area contributed by atoms with Gasteiger partial charge in [0.1, 0.15) is 11.3 Å². The molecule has 2 rings (SSSR count). The predicted octanol–water partition coefficient (Wildman–Crippen LogP) is 1.77.